The van der Waals surface area contributed by atoms with E-state index in [1.807, 2.05) is 20.8 Å². The average Bonchev–Trinajstić information content (AvgIpc) is 2.81. The predicted molar refractivity (Wildman–Crippen MR) is 101 cm³/mol. The van der Waals surface area contributed by atoms with Crippen molar-refractivity contribution >= 4 is 5.78 Å². The number of ketones is 1. The Hall–Kier alpha value is -1.14. The molecule has 0 radical (unpaired) electrons. The van der Waals surface area contributed by atoms with Gasteiger partial charge < -0.3 is 5.11 Å². The third-order valence-electron chi connectivity index (χ3n) is 9.42. The van der Waals surface area contributed by atoms with Gasteiger partial charge in [-0.05, 0) is 87.9 Å². The number of nitriles is 1. The fourth-order valence-electron chi connectivity index (χ4n) is 7.76. The van der Waals surface area contributed by atoms with E-state index in [-0.39, 0.29) is 16.6 Å². The normalized spacial score (nSPS) is 52.3. The highest BCUT2D eigenvalue weighted by molar-refractivity contribution is 5.92. The summed E-state index contributed by atoms with van der Waals surface area (Å²) < 4.78 is 0. The molecule has 2 unspecified atom stereocenters. The van der Waals surface area contributed by atoms with Crippen LogP contribution in [0.4, 0.5) is 0 Å². The van der Waals surface area contributed by atoms with Gasteiger partial charge in [0.05, 0.1) is 11.7 Å². The van der Waals surface area contributed by atoms with Crippen LogP contribution in [0.1, 0.15) is 73.1 Å². The summed E-state index contributed by atoms with van der Waals surface area (Å²) in [6.07, 6.45) is 8.22. The molecule has 0 bridgehead atoms. The van der Waals surface area contributed by atoms with Crippen LogP contribution in [0, 0.1) is 51.2 Å². The van der Waals surface area contributed by atoms with Crippen LogP contribution >= 0.6 is 0 Å². The maximum absolute atomic E-state index is 12.9. The number of hydrogen-bond donors (Lipinski definition) is 1. The zero-order chi connectivity index (χ0) is 19.1. The second-order valence-electron chi connectivity index (χ2n) is 10.8. The summed E-state index contributed by atoms with van der Waals surface area (Å²) in [5, 5.41) is 20.7. The second-order valence-corrected chi connectivity index (χ2v) is 10.8. The maximum Gasteiger partial charge on any atom is 0.159 e. The largest absolute Gasteiger partial charge is 0.390 e. The Morgan fingerprint density at radius 3 is 2.42 bits per heavy atom. The minimum Gasteiger partial charge on any atom is -0.390 e. The predicted octanol–water partition coefficient (Wildman–Crippen LogP) is 4.66. The molecule has 3 nitrogen and oxygen atoms in total. The van der Waals surface area contributed by atoms with Gasteiger partial charge in [-0.15, -0.1) is 0 Å². The van der Waals surface area contributed by atoms with E-state index in [0.717, 1.165) is 32.1 Å². The third kappa shape index (κ3) is 2.00. The molecule has 4 aliphatic carbocycles. The Bertz CT molecular complexity index is 727. The number of fused-ring (bicyclic) bond motifs is 5. The van der Waals surface area contributed by atoms with Crippen LogP contribution in [0.15, 0.2) is 11.6 Å². The maximum atomic E-state index is 12.9. The zero-order valence-corrected chi connectivity index (χ0v) is 16.9. The van der Waals surface area contributed by atoms with E-state index >= 15 is 0 Å². The minimum atomic E-state index is -0.565. The van der Waals surface area contributed by atoms with Gasteiger partial charge in [0, 0.05) is 5.41 Å². The van der Waals surface area contributed by atoms with Gasteiger partial charge in [0.15, 0.2) is 5.78 Å². The van der Waals surface area contributed by atoms with E-state index in [2.05, 4.69) is 26.0 Å². The molecule has 4 rings (SSSR count). The van der Waals surface area contributed by atoms with Gasteiger partial charge in [-0.25, -0.2) is 0 Å². The molecule has 4 aliphatic rings. The van der Waals surface area contributed by atoms with Gasteiger partial charge in [-0.2, -0.15) is 5.26 Å². The Labute approximate surface area is 157 Å². The van der Waals surface area contributed by atoms with Crippen LogP contribution in [-0.2, 0) is 4.79 Å². The van der Waals surface area contributed by atoms with E-state index in [1.165, 1.54) is 5.57 Å². The van der Waals surface area contributed by atoms with Crippen LogP contribution in [0.5, 0.6) is 0 Å². The molecular weight excluding hydrogens is 322 g/mol. The van der Waals surface area contributed by atoms with E-state index in [9.17, 15) is 15.2 Å². The van der Waals surface area contributed by atoms with Crippen LogP contribution in [0.25, 0.3) is 0 Å². The standard InChI is InChI=1S/C23H33NO2/c1-20(2)18-7-6-15-16(21(18,3)12-14(13-24)19(20)25)8-10-22(4)17(15)9-11-23(22,5)26/h7,14-17,26H,6,8-12H2,1-5H3/t14?,15-,16-,17+,21-,22+,23?/m1/s1. The van der Waals surface area contributed by atoms with Crippen molar-refractivity contribution in [3.63, 3.8) is 0 Å². The molecule has 0 spiro atoms. The van der Waals surface area contributed by atoms with Crippen molar-refractivity contribution in [3.8, 4) is 6.07 Å². The van der Waals surface area contributed by atoms with Crippen LogP contribution < -0.4 is 0 Å². The van der Waals surface area contributed by atoms with Crippen molar-refractivity contribution in [2.24, 2.45) is 39.9 Å². The Kier molecular flexibility index (Phi) is 3.66. The van der Waals surface area contributed by atoms with Gasteiger partial charge >= 0.3 is 0 Å². The SMILES string of the molecule is CC1(C)C(=O)C(C#N)C[C@@]2(C)C1=CC[C@@H]1[C@H]2CC[C@@]2(C)[C@H]1CCC2(C)O. The molecule has 3 saturated carbocycles. The molecule has 3 fully saturated rings. The smallest absolute Gasteiger partial charge is 0.159 e. The van der Waals surface area contributed by atoms with Gasteiger partial charge in [-0.1, -0.05) is 25.5 Å². The summed E-state index contributed by atoms with van der Waals surface area (Å²) in [5.74, 6) is 1.27. The Morgan fingerprint density at radius 1 is 1.12 bits per heavy atom. The molecule has 7 atom stereocenters. The summed E-state index contributed by atoms with van der Waals surface area (Å²) >= 11 is 0. The van der Waals surface area contributed by atoms with Crippen molar-refractivity contribution in [3.05, 3.63) is 11.6 Å². The molecule has 142 valence electrons. The first-order valence-corrected chi connectivity index (χ1v) is 10.4. The van der Waals surface area contributed by atoms with Gasteiger partial charge in [0.25, 0.3) is 0 Å². The lowest BCUT2D eigenvalue weighted by Crippen LogP contribution is -2.57. The van der Waals surface area contributed by atoms with Crippen LogP contribution in [0.3, 0.4) is 0 Å². The quantitative estimate of drug-likeness (QED) is 0.643. The highest BCUT2D eigenvalue weighted by Gasteiger charge is 2.64. The summed E-state index contributed by atoms with van der Waals surface area (Å²) in [6.45, 7) is 10.7. The number of Topliss-reactive ketones (excluding diaryl/α,β-unsaturated/α-hetero) is 1. The van der Waals surface area contributed by atoms with Crippen molar-refractivity contribution < 1.29 is 9.90 Å². The molecule has 0 amide bonds. The molecular formula is C23H33NO2. The van der Waals surface area contributed by atoms with Crippen molar-refractivity contribution in [1.29, 1.82) is 5.26 Å². The van der Waals surface area contributed by atoms with E-state index in [0.29, 0.717) is 24.2 Å². The molecule has 1 N–H and O–H groups in total. The average molecular weight is 356 g/mol. The van der Waals surface area contributed by atoms with Crippen molar-refractivity contribution in [1.82, 2.24) is 0 Å². The Balaban J connectivity index is 1.78. The summed E-state index contributed by atoms with van der Waals surface area (Å²) in [7, 11) is 0. The molecule has 0 saturated heterocycles. The first kappa shape index (κ1) is 18.2. The third-order valence-corrected chi connectivity index (χ3v) is 9.42. The second kappa shape index (κ2) is 5.22. The van der Waals surface area contributed by atoms with Gasteiger partial charge in [0.2, 0.25) is 0 Å². The number of allylic oxidation sites excluding steroid dienone is 2. The zero-order valence-electron chi connectivity index (χ0n) is 16.9. The van der Waals surface area contributed by atoms with Gasteiger partial charge in [0.1, 0.15) is 5.92 Å². The minimum absolute atomic E-state index is 0.00447. The van der Waals surface area contributed by atoms with E-state index < -0.39 is 16.9 Å². The highest BCUT2D eigenvalue weighted by Crippen LogP contribution is 2.68. The van der Waals surface area contributed by atoms with E-state index in [1.54, 1.807) is 0 Å². The number of carbonyl (C=O) groups is 1. The monoisotopic (exact) mass is 355 g/mol. The van der Waals surface area contributed by atoms with Crippen molar-refractivity contribution in [2.75, 3.05) is 0 Å². The number of aliphatic hydroxyl groups is 1. The number of hydrogen-bond acceptors (Lipinski definition) is 3. The lowest BCUT2D eigenvalue weighted by atomic mass is 9.43. The number of rotatable bonds is 0. The van der Waals surface area contributed by atoms with Crippen molar-refractivity contribution in [2.45, 2.75) is 78.7 Å². The van der Waals surface area contributed by atoms with Crippen LogP contribution in [0.2, 0.25) is 0 Å². The van der Waals surface area contributed by atoms with Gasteiger partial charge in [-0.3, -0.25) is 4.79 Å². The fraction of sp³-hybridized carbons (Fsp3) is 0.826. The fourth-order valence-corrected chi connectivity index (χ4v) is 7.76. The summed E-state index contributed by atoms with van der Waals surface area (Å²) in [5.41, 5.74) is 0.141. The molecule has 0 aromatic rings. The summed E-state index contributed by atoms with van der Waals surface area (Å²) in [6, 6.07) is 2.31. The molecule has 0 heterocycles. The topological polar surface area (TPSA) is 61.1 Å². The first-order valence-electron chi connectivity index (χ1n) is 10.4. The molecule has 0 aliphatic heterocycles. The van der Waals surface area contributed by atoms with Crippen LogP contribution in [-0.4, -0.2) is 16.5 Å². The first-order chi connectivity index (χ1) is 12.0. The summed E-state index contributed by atoms with van der Waals surface area (Å²) in [4.78, 5) is 12.9. The van der Waals surface area contributed by atoms with E-state index in [4.69, 9.17) is 0 Å². The number of carbonyl (C=O) groups excluding carboxylic acids is 1. The molecule has 3 heteroatoms. The Morgan fingerprint density at radius 2 is 1.77 bits per heavy atom. The molecule has 26 heavy (non-hydrogen) atoms. The highest BCUT2D eigenvalue weighted by atomic mass is 16.3. The molecule has 0 aromatic carbocycles. The lowest BCUT2D eigenvalue weighted by Gasteiger charge is -2.60. The lowest BCUT2D eigenvalue weighted by molar-refractivity contribution is -0.139. The number of nitrogens with zero attached hydrogens (tertiary/aromatic N) is 1. The molecule has 0 aromatic heterocycles.